The first-order chi connectivity index (χ1) is 33.3. The van der Waals surface area contributed by atoms with E-state index < -0.39 is 0 Å². The van der Waals surface area contributed by atoms with Gasteiger partial charge in [-0.25, -0.2) is 0 Å². The van der Waals surface area contributed by atoms with Crippen molar-refractivity contribution in [2.24, 2.45) is 17.6 Å². The number of nitrogens with two attached hydrogens (primary N) is 1. The third-order valence-corrected chi connectivity index (χ3v) is 12.8. The average Bonchev–Trinajstić information content (AvgIpc) is 4.03. The van der Waals surface area contributed by atoms with Crippen LogP contribution in [0, 0.1) is 25.7 Å². The summed E-state index contributed by atoms with van der Waals surface area (Å²) in [5.74, 6) is -0.0918. The van der Waals surface area contributed by atoms with E-state index in [-0.39, 0.29) is 59.0 Å². The quantitative estimate of drug-likeness (QED) is 0.0580. The van der Waals surface area contributed by atoms with E-state index in [9.17, 15) is 19.2 Å². The van der Waals surface area contributed by atoms with Crippen molar-refractivity contribution in [2.75, 3.05) is 53.7 Å². The molecular weight excluding hydrogens is 875 g/mol. The fraction of sp³-hybridized carbons (Fsp3) is 0.358. The van der Waals surface area contributed by atoms with E-state index in [0.29, 0.717) is 87.8 Å². The van der Waals surface area contributed by atoms with Gasteiger partial charge in [-0.15, -0.1) is 0 Å². The van der Waals surface area contributed by atoms with Crippen molar-refractivity contribution in [2.45, 2.75) is 78.6 Å². The Bertz CT molecular complexity index is 2650. The molecule has 2 fully saturated rings. The zero-order chi connectivity index (χ0) is 48.9. The van der Waals surface area contributed by atoms with Crippen molar-refractivity contribution in [1.29, 1.82) is 0 Å². The Kier molecular flexibility index (Phi) is 17.0. The molecule has 69 heavy (non-hydrogen) atoms. The van der Waals surface area contributed by atoms with Crippen LogP contribution in [0.25, 0.3) is 0 Å². The number of primary amides is 1. The van der Waals surface area contributed by atoms with Gasteiger partial charge in [0, 0.05) is 69.4 Å². The molecule has 16 nitrogen and oxygen atoms in total. The minimum atomic E-state index is -0.326. The molecule has 0 spiro atoms. The third-order valence-electron chi connectivity index (χ3n) is 12.8. The molecular formula is C53H63N9O7. The van der Waals surface area contributed by atoms with E-state index in [1.807, 2.05) is 60.7 Å². The zero-order valence-electron chi connectivity index (χ0n) is 40.0. The molecule has 4 aromatic carbocycles. The number of benzene rings is 4. The van der Waals surface area contributed by atoms with Gasteiger partial charge in [0.1, 0.15) is 11.5 Å². The molecule has 8 rings (SSSR count). The molecule has 6 N–H and O–H groups in total. The Hall–Kier alpha value is -7.30. The molecule has 2 aromatic heterocycles. The molecule has 362 valence electrons. The van der Waals surface area contributed by atoms with Gasteiger partial charge < -0.3 is 50.6 Å². The second-order valence-electron chi connectivity index (χ2n) is 17.7. The van der Waals surface area contributed by atoms with Crippen molar-refractivity contribution in [3.63, 3.8) is 0 Å². The van der Waals surface area contributed by atoms with E-state index in [1.165, 1.54) is 18.2 Å². The van der Waals surface area contributed by atoms with Gasteiger partial charge in [0.15, 0.2) is 11.4 Å². The number of ether oxygens (including phenoxy) is 1. The fourth-order valence-electron chi connectivity index (χ4n) is 8.65. The summed E-state index contributed by atoms with van der Waals surface area (Å²) in [6.07, 6.45) is 2.81. The lowest BCUT2D eigenvalue weighted by Crippen LogP contribution is -2.39. The second-order valence-corrected chi connectivity index (χ2v) is 17.7. The van der Waals surface area contributed by atoms with Gasteiger partial charge in [0.25, 0.3) is 11.8 Å². The average molecular weight is 938 g/mol. The van der Waals surface area contributed by atoms with Crippen LogP contribution in [-0.2, 0) is 27.4 Å². The lowest BCUT2D eigenvalue weighted by atomic mass is 9.95. The van der Waals surface area contributed by atoms with Crippen molar-refractivity contribution < 1.29 is 33.0 Å². The molecule has 4 heterocycles. The molecule has 0 saturated carbocycles. The number of esters is 1. The first-order valence-electron chi connectivity index (χ1n) is 23.5. The number of nitrogens with zero attached hydrogens (tertiary/aromatic N) is 4. The first-order valence-corrected chi connectivity index (χ1v) is 23.5. The monoisotopic (exact) mass is 937 g/mol. The number of rotatable bonds is 16. The van der Waals surface area contributed by atoms with Crippen molar-refractivity contribution >= 4 is 46.4 Å². The van der Waals surface area contributed by atoms with E-state index in [4.69, 9.17) is 19.5 Å². The van der Waals surface area contributed by atoms with Gasteiger partial charge in [-0.1, -0.05) is 83.1 Å². The van der Waals surface area contributed by atoms with Gasteiger partial charge in [0.2, 0.25) is 5.91 Å². The smallest absolute Gasteiger partial charge is 0.308 e. The van der Waals surface area contributed by atoms with Gasteiger partial charge in [-0.2, -0.15) is 0 Å². The largest absolute Gasteiger partial charge is 0.469 e. The zero-order valence-corrected chi connectivity index (χ0v) is 40.0. The highest BCUT2D eigenvalue weighted by molar-refractivity contribution is 6.05. The molecule has 2 aliphatic rings. The van der Waals surface area contributed by atoms with E-state index in [1.54, 1.807) is 26.0 Å². The summed E-state index contributed by atoms with van der Waals surface area (Å²) in [6.45, 7) is 11.8. The molecule has 3 amide bonds. The maximum atomic E-state index is 12.9. The number of aryl methyl sites for hydroxylation is 2. The van der Waals surface area contributed by atoms with Crippen LogP contribution in [0.15, 0.2) is 118 Å². The summed E-state index contributed by atoms with van der Waals surface area (Å²) in [4.78, 5) is 53.6. The summed E-state index contributed by atoms with van der Waals surface area (Å²) in [5.41, 5.74) is 13.7. The van der Waals surface area contributed by atoms with Gasteiger partial charge in [-0.3, -0.25) is 19.2 Å². The van der Waals surface area contributed by atoms with Crippen molar-refractivity contribution in [1.82, 2.24) is 20.9 Å². The van der Waals surface area contributed by atoms with Crippen LogP contribution in [0.4, 0.5) is 22.7 Å². The van der Waals surface area contributed by atoms with E-state index >= 15 is 0 Å². The number of methoxy groups -OCH3 is 1. The van der Waals surface area contributed by atoms with Gasteiger partial charge >= 0.3 is 5.97 Å². The minimum Gasteiger partial charge on any atom is -0.469 e. The minimum absolute atomic E-state index is 0.0876. The molecule has 2 atom stereocenters. The number of anilines is 4. The Morgan fingerprint density at radius 1 is 0.623 bits per heavy atom. The predicted octanol–water partition coefficient (Wildman–Crippen LogP) is 8.26. The van der Waals surface area contributed by atoms with Gasteiger partial charge in [0.05, 0.1) is 35.8 Å². The summed E-state index contributed by atoms with van der Waals surface area (Å²) in [6, 6.07) is 36.3. The second kappa shape index (κ2) is 23.6. The third kappa shape index (κ3) is 13.5. The van der Waals surface area contributed by atoms with Crippen molar-refractivity contribution in [3.05, 3.63) is 154 Å². The Morgan fingerprint density at radius 3 is 1.39 bits per heavy atom. The van der Waals surface area contributed by atoms with Crippen LogP contribution in [0.1, 0.15) is 106 Å². The standard InChI is InChI=1S/C27H32N4O4.C26H31N5O3/c1-18-15-24(30-35-18)26(32)29-23-16-20(17-28-19(2)21-7-5-4-6-8-21)9-10-25(23)31-13-11-22(12-14-31)27(33)34-3;1-17-14-23(30-34-17)26(33)29-22-15-19(16-28-18(2)20-6-4-3-5-7-20)8-9-24(22)31-12-10-21(11-13-31)25(27)32/h4-10,15-16,19,22,28H,11-14,17H2,1-3H3,(H,29,32);3-9,14-15,18,21,28H,10-13,16H2,1-2H3,(H2,27,32)(H,29,33)/t19-;18-/m11/s1. The summed E-state index contributed by atoms with van der Waals surface area (Å²) < 4.78 is 15.0. The summed E-state index contributed by atoms with van der Waals surface area (Å²) in [7, 11) is 1.43. The molecule has 2 saturated heterocycles. The van der Waals surface area contributed by atoms with Crippen LogP contribution >= 0.6 is 0 Å². The van der Waals surface area contributed by atoms with Crippen LogP contribution in [0.2, 0.25) is 0 Å². The maximum absolute atomic E-state index is 12.9. The molecule has 0 unspecified atom stereocenters. The molecule has 2 aliphatic heterocycles. The number of hydrogen-bond acceptors (Lipinski definition) is 13. The van der Waals surface area contributed by atoms with E-state index in [2.05, 4.69) is 91.6 Å². The molecule has 0 bridgehead atoms. The molecule has 6 aromatic rings. The van der Waals surface area contributed by atoms with Crippen LogP contribution < -0.4 is 36.8 Å². The highest BCUT2D eigenvalue weighted by Gasteiger charge is 2.28. The number of hydrogen-bond donors (Lipinski definition) is 5. The lowest BCUT2D eigenvalue weighted by molar-refractivity contribution is -0.146. The number of carbonyl (C=O) groups is 4. The summed E-state index contributed by atoms with van der Waals surface area (Å²) in [5, 5.41) is 20.8. The van der Waals surface area contributed by atoms with Crippen LogP contribution in [-0.4, -0.2) is 67.3 Å². The first kappa shape index (κ1) is 49.6. The topological polar surface area (TPSA) is 210 Å². The number of piperidine rings is 2. The lowest BCUT2D eigenvalue weighted by Gasteiger charge is -2.33. The Labute approximate surface area is 403 Å². The number of carbonyl (C=O) groups excluding carboxylic acids is 4. The SMILES string of the molecule is COC(=O)C1CCN(c2ccc(CN[C@H](C)c3ccccc3)cc2NC(=O)c2cc(C)on2)CC1.Cc1cc(C(=O)Nc2cc(CN[C@H](C)c3ccccc3)ccc2N2CCC(C(N)=O)CC2)no1. The normalized spacial score (nSPS) is 15.1. The number of nitrogens with one attached hydrogen (secondary N) is 4. The van der Waals surface area contributed by atoms with Gasteiger partial charge in [-0.05, 0) is 99.9 Å². The molecule has 0 radical (unpaired) electrons. The predicted molar refractivity (Wildman–Crippen MR) is 266 cm³/mol. The molecule has 16 heteroatoms. The fourth-order valence-corrected chi connectivity index (χ4v) is 8.65. The molecule has 0 aliphatic carbocycles. The van der Waals surface area contributed by atoms with Crippen LogP contribution in [0.5, 0.6) is 0 Å². The van der Waals surface area contributed by atoms with Crippen molar-refractivity contribution in [3.8, 4) is 0 Å². The number of amides is 3. The summed E-state index contributed by atoms with van der Waals surface area (Å²) >= 11 is 0. The van der Waals surface area contributed by atoms with E-state index in [0.717, 1.165) is 22.5 Å². The highest BCUT2D eigenvalue weighted by Crippen LogP contribution is 2.34. The highest BCUT2D eigenvalue weighted by atomic mass is 16.5. The number of aromatic nitrogens is 2. The Morgan fingerprint density at radius 2 is 1.03 bits per heavy atom. The maximum Gasteiger partial charge on any atom is 0.308 e. The van der Waals surface area contributed by atoms with Crippen LogP contribution in [0.3, 0.4) is 0 Å². The Balaban J connectivity index is 0.000000204.